The van der Waals surface area contributed by atoms with Crippen LogP contribution in [0.15, 0.2) is 146 Å². The van der Waals surface area contributed by atoms with Gasteiger partial charge in [0, 0.05) is 23.6 Å². The van der Waals surface area contributed by atoms with Crippen LogP contribution in [0.5, 0.6) is 28.7 Å². The summed E-state index contributed by atoms with van der Waals surface area (Å²) in [5.74, 6) is 2.12. The number of carbonyl (C=O) groups is 2. The largest absolute Gasteiger partial charge is 0.488 e. The molecular formula is C45H38O8. The standard InChI is InChI=1S/C45H38O8/c46-26-38-41(50-29-34-17-9-3-10-18-34)25-40(49-28-33-15-7-2-8-16-33)37-24-43(52-31-47)44(53-45(37)38)36-21-22-39(48-27-32-13-5-1-6-14-32)42(23-36)51-30-35-19-11-4-12-20-35/h1-23,25-26,31,43-44H,24,27-30H2/t43-,44+/m0/s1. The number of hydrogen-bond donors (Lipinski definition) is 0. The Hall–Kier alpha value is -6.54. The minimum Gasteiger partial charge on any atom is -0.488 e. The first-order valence-electron chi connectivity index (χ1n) is 17.4. The molecule has 8 nitrogen and oxygen atoms in total. The Morgan fingerprint density at radius 3 is 1.49 bits per heavy atom. The Balaban J connectivity index is 1.24. The van der Waals surface area contributed by atoms with Crippen molar-refractivity contribution in [3.63, 3.8) is 0 Å². The maximum Gasteiger partial charge on any atom is 0.293 e. The Morgan fingerprint density at radius 1 is 0.528 bits per heavy atom. The van der Waals surface area contributed by atoms with Gasteiger partial charge in [-0.1, -0.05) is 127 Å². The third-order valence-corrected chi connectivity index (χ3v) is 8.92. The van der Waals surface area contributed by atoms with Gasteiger partial charge in [0.2, 0.25) is 0 Å². The highest BCUT2D eigenvalue weighted by Gasteiger charge is 2.38. The molecule has 0 saturated heterocycles. The molecule has 0 spiro atoms. The Bertz CT molecular complexity index is 2100. The first-order chi connectivity index (χ1) is 26.2. The van der Waals surface area contributed by atoms with Crippen LogP contribution < -0.4 is 23.7 Å². The predicted molar refractivity (Wildman–Crippen MR) is 199 cm³/mol. The number of benzene rings is 6. The van der Waals surface area contributed by atoms with Crippen molar-refractivity contribution in [2.45, 2.75) is 45.1 Å². The van der Waals surface area contributed by atoms with Crippen LogP contribution in [0.4, 0.5) is 0 Å². The average Bonchev–Trinajstić information content (AvgIpc) is 3.22. The van der Waals surface area contributed by atoms with Gasteiger partial charge in [-0.3, -0.25) is 9.59 Å². The molecule has 0 N–H and O–H groups in total. The lowest BCUT2D eigenvalue weighted by atomic mass is 9.92. The highest BCUT2D eigenvalue weighted by atomic mass is 16.6. The van der Waals surface area contributed by atoms with E-state index in [1.54, 1.807) is 6.07 Å². The number of fused-ring (bicyclic) bond motifs is 1. The van der Waals surface area contributed by atoms with Gasteiger partial charge in [-0.05, 0) is 34.4 Å². The van der Waals surface area contributed by atoms with Gasteiger partial charge in [-0.25, -0.2) is 0 Å². The quantitative estimate of drug-likeness (QED) is 0.0922. The van der Waals surface area contributed by atoms with Crippen LogP contribution >= 0.6 is 0 Å². The molecule has 7 rings (SSSR count). The molecule has 53 heavy (non-hydrogen) atoms. The van der Waals surface area contributed by atoms with E-state index in [0.29, 0.717) is 59.6 Å². The van der Waals surface area contributed by atoms with E-state index in [2.05, 4.69) is 0 Å². The molecule has 0 amide bonds. The zero-order valence-electron chi connectivity index (χ0n) is 29.0. The van der Waals surface area contributed by atoms with E-state index in [4.69, 9.17) is 28.4 Å². The maximum atomic E-state index is 12.8. The summed E-state index contributed by atoms with van der Waals surface area (Å²) in [6, 6.07) is 46.4. The molecule has 0 radical (unpaired) electrons. The van der Waals surface area contributed by atoms with E-state index in [1.807, 2.05) is 140 Å². The summed E-state index contributed by atoms with van der Waals surface area (Å²) < 4.78 is 37.6. The number of carbonyl (C=O) groups excluding carboxylic acids is 2. The van der Waals surface area contributed by atoms with E-state index >= 15 is 0 Å². The van der Waals surface area contributed by atoms with E-state index in [0.717, 1.165) is 28.5 Å². The third-order valence-electron chi connectivity index (χ3n) is 8.92. The van der Waals surface area contributed by atoms with Crippen molar-refractivity contribution in [2.24, 2.45) is 0 Å². The molecule has 1 aliphatic heterocycles. The van der Waals surface area contributed by atoms with Gasteiger partial charge < -0.3 is 28.4 Å². The predicted octanol–water partition coefficient (Wildman–Crippen LogP) is 9.03. The van der Waals surface area contributed by atoms with Gasteiger partial charge in [0.05, 0.1) is 5.56 Å². The molecule has 6 aromatic carbocycles. The molecule has 1 aliphatic rings. The zero-order chi connectivity index (χ0) is 36.2. The second-order valence-corrected chi connectivity index (χ2v) is 12.5. The second kappa shape index (κ2) is 17.1. The molecule has 0 fully saturated rings. The monoisotopic (exact) mass is 706 g/mol. The minimum absolute atomic E-state index is 0.217. The van der Waals surface area contributed by atoms with Crippen molar-refractivity contribution in [1.29, 1.82) is 0 Å². The molecule has 2 atom stereocenters. The minimum atomic E-state index is -0.806. The molecule has 266 valence electrons. The maximum absolute atomic E-state index is 12.8. The van der Waals surface area contributed by atoms with E-state index in [1.165, 1.54) is 0 Å². The van der Waals surface area contributed by atoms with Crippen molar-refractivity contribution < 1.29 is 38.0 Å². The second-order valence-electron chi connectivity index (χ2n) is 12.5. The molecule has 0 aliphatic carbocycles. The number of aldehydes is 1. The third kappa shape index (κ3) is 8.68. The van der Waals surface area contributed by atoms with Gasteiger partial charge in [-0.2, -0.15) is 0 Å². The lowest BCUT2D eigenvalue weighted by Crippen LogP contribution is -2.33. The van der Waals surface area contributed by atoms with Crippen molar-refractivity contribution in [3.8, 4) is 28.7 Å². The summed E-state index contributed by atoms with van der Waals surface area (Å²) in [7, 11) is 0. The van der Waals surface area contributed by atoms with Crippen LogP contribution in [0.25, 0.3) is 0 Å². The fourth-order valence-electron chi connectivity index (χ4n) is 6.22. The first-order valence-corrected chi connectivity index (χ1v) is 17.4. The fourth-order valence-corrected chi connectivity index (χ4v) is 6.22. The van der Waals surface area contributed by atoms with Gasteiger partial charge in [0.15, 0.2) is 23.9 Å². The molecule has 0 aromatic heterocycles. The van der Waals surface area contributed by atoms with E-state index in [-0.39, 0.29) is 25.2 Å². The van der Waals surface area contributed by atoms with Crippen LogP contribution in [0.2, 0.25) is 0 Å². The number of hydrogen-bond acceptors (Lipinski definition) is 8. The van der Waals surface area contributed by atoms with Crippen molar-refractivity contribution in [2.75, 3.05) is 0 Å². The summed E-state index contributed by atoms with van der Waals surface area (Å²) in [6.07, 6.45) is -0.616. The van der Waals surface area contributed by atoms with Gasteiger partial charge in [-0.15, -0.1) is 0 Å². The summed E-state index contributed by atoms with van der Waals surface area (Å²) in [6.45, 7) is 1.55. The molecule has 1 heterocycles. The molecule has 0 saturated carbocycles. The summed E-state index contributed by atoms with van der Waals surface area (Å²) in [5.41, 5.74) is 5.39. The number of ether oxygens (including phenoxy) is 6. The van der Waals surface area contributed by atoms with Crippen LogP contribution in [0.1, 0.15) is 49.8 Å². The molecule has 0 unspecified atom stereocenters. The molecular weight excluding hydrogens is 668 g/mol. The Morgan fingerprint density at radius 2 is 1.00 bits per heavy atom. The average molecular weight is 707 g/mol. The first kappa shape index (κ1) is 34.9. The van der Waals surface area contributed by atoms with Crippen molar-refractivity contribution in [1.82, 2.24) is 0 Å². The van der Waals surface area contributed by atoms with Crippen LogP contribution in [-0.2, 0) is 42.4 Å². The highest BCUT2D eigenvalue weighted by molar-refractivity contribution is 5.86. The normalized spacial score (nSPS) is 14.6. The van der Waals surface area contributed by atoms with Crippen LogP contribution in [0, 0.1) is 0 Å². The number of rotatable bonds is 16. The summed E-state index contributed by atoms with van der Waals surface area (Å²) in [4.78, 5) is 24.8. The zero-order valence-corrected chi connectivity index (χ0v) is 29.0. The Kier molecular flexibility index (Phi) is 11.3. The van der Waals surface area contributed by atoms with Crippen LogP contribution in [-0.4, -0.2) is 18.9 Å². The fraction of sp³-hybridized carbons (Fsp3) is 0.156. The smallest absolute Gasteiger partial charge is 0.293 e. The topological polar surface area (TPSA) is 89.5 Å². The van der Waals surface area contributed by atoms with Crippen LogP contribution in [0.3, 0.4) is 0 Å². The summed E-state index contributed by atoms with van der Waals surface area (Å²) >= 11 is 0. The molecule has 0 bridgehead atoms. The SMILES string of the molecule is O=CO[C@H]1Cc2c(OCc3ccccc3)cc(OCc3ccccc3)c(C=O)c2O[C@@H]1c1ccc(OCc2ccccc2)c(OCc2ccccc2)c1. The lowest BCUT2D eigenvalue weighted by molar-refractivity contribution is -0.139. The molecule has 8 heteroatoms. The highest BCUT2D eigenvalue weighted by Crippen LogP contribution is 2.47. The summed E-state index contributed by atoms with van der Waals surface area (Å²) in [5, 5.41) is 0. The Labute approximate surface area is 308 Å². The van der Waals surface area contributed by atoms with Crippen molar-refractivity contribution >= 4 is 12.8 Å². The van der Waals surface area contributed by atoms with Gasteiger partial charge in [0.25, 0.3) is 6.47 Å². The van der Waals surface area contributed by atoms with E-state index in [9.17, 15) is 9.59 Å². The molecule has 6 aromatic rings. The van der Waals surface area contributed by atoms with E-state index < -0.39 is 12.2 Å². The van der Waals surface area contributed by atoms with Gasteiger partial charge >= 0.3 is 0 Å². The van der Waals surface area contributed by atoms with Crippen molar-refractivity contribution in [3.05, 3.63) is 185 Å². The van der Waals surface area contributed by atoms with Gasteiger partial charge in [0.1, 0.15) is 49.8 Å². The lowest BCUT2D eigenvalue weighted by Gasteiger charge is -2.35.